The van der Waals surface area contributed by atoms with Gasteiger partial charge in [-0.05, 0) is 30.3 Å². The van der Waals surface area contributed by atoms with Gasteiger partial charge in [-0.15, -0.1) is 0 Å². The summed E-state index contributed by atoms with van der Waals surface area (Å²) < 4.78 is 0. The van der Waals surface area contributed by atoms with Crippen LogP contribution in [-0.4, -0.2) is 32.6 Å². The minimum absolute atomic E-state index is 0.145. The number of benzene rings is 1. The maximum atomic E-state index is 10.8. The first-order chi connectivity index (χ1) is 13.0. The number of carbonyl (C=O) groups is 1. The predicted molar refractivity (Wildman–Crippen MR) is 105 cm³/mol. The van der Waals surface area contributed by atoms with Gasteiger partial charge in [-0.2, -0.15) is 4.98 Å². The van der Waals surface area contributed by atoms with Gasteiger partial charge in [0, 0.05) is 17.3 Å². The summed E-state index contributed by atoms with van der Waals surface area (Å²) in [5.74, 6) is -0.487. The molecule has 0 saturated heterocycles. The number of hydrazine groups is 1. The zero-order valence-electron chi connectivity index (χ0n) is 13.8. The third kappa shape index (κ3) is 5.19. The van der Waals surface area contributed by atoms with Crippen LogP contribution in [0.5, 0.6) is 0 Å². The number of rotatable bonds is 7. The second kappa shape index (κ2) is 8.52. The molecule has 0 atom stereocenters. The Labute approximate surface area is 164 Å². The lowest BCUT2D eigenvalue weighted by molar-refractivity contribution is -0.134. The van der Waals surface area contributed by atoms with Crippen molar-refractivity contribution in [1.82, 2.24) is 15.0 Å². The normalized spacial score (nSPS) is 10.3. The summed E-state index contributed by atoms with van der Waals surface area (Å²) in [6.45, 7) is -0.318. The summed E-state index contributed by atoms with van der Waals surface area (Å²) in [6, 6.07) is 12.1. The Morgan fingerprint density at radius 2 is 1.89 bits per heavy atom. The van der Waals surface area contributed by atoms with Crippen molar-refractivity contribution in [2.75, 3.05) is 22.7 Å². The van der Waals surface area contributed by atoms with E-state index in [-0.39, 0.29) is 12.5 Å². The summed E-state index contributed by atoms with van der Waals surface area (Å²) in [4.78, 5) is 23.6. The van der Waals surface area contributed by atoms with E-state index in [4.69, 9.17) is 28.3 Å². The second-order valence-corrected chi connectivity index (χ2v) is 6.14. The first kappa shape index (κ1) is 18.7. The van der Waals surface area contributed by atoms with Gasteiger partial charge in [0.1, 0.15) is 6.54 Å². The summed E-state index contributed by atoms with van der Waals surface area (Å²) in [5.41, 5.74) is 7.58. The molecular formula is C17H14Cl2N6O2. The molecular weight excluding hydrogens is 391 g/mol. The van der Waals surface area contributed by atoms with Crippen molar-refractivity contribution < 1.29 is 9.90 Å². The number of halogens is 2. The molecule has 0 fully saturated rings. The maximum Gasteiger partial charge on any atom is 0.322 e. The molecule has 138 valence electrons. The van der Waals surface area contributed by atoms with Gasteiger partial charge in [0.05, 0.1) is 22.1 Å². The first-order valence-electron chi connectivity index (χ1n) is 7.74. The van der Waals surface area contributed by atoms with Crippen LogP contribution in [0.4, 0.5) is 17.5 Å². The molecule has 8 nitrogen and oxygen atoms in total. The van der Waals surface area contributed by atoms with Crippen LogP contribution in [0, 0.1) is 0 Å². The molecule has 0 unspecified atom stereocenters. The van der Waals surface area contributed by atoms with Crippen molar-refractivity contribution in [2.24, 2.45) is 0 Å². The van der Waals surface area contributed by atoms with Crippen molar-refractivity contribution in [3.63, 3.8) is 0 Å². The highest BCUT2D eigenvalue weighted by Gasteiger charge is 2.09. The molecule has 27 heavy (non-hydrogen) atoms. The van der Waals surface area contributed by atoms with Gasteiger partial charge < -0.3 is 10.4 Å². The van der Waals surface area contributed by atoms with Crippen LogP contribution in [0.25, 0.3) is 11.4 Å². The predicted octanol–water partition coefficient (Wildman–Crippen LogP) is 3.78. The Morgan fingerprint density at radius 3 is 2.59 bits per heavy atom. The summed E-state index contributed by atoms with van der Waals surface area (Å²) in [7, 11) is 0. The van der Waals surface area contributed by atoms with Crippen LogP contribution < -0.4 is 16.2 Å². The van der Waals surface area contributed by atoms with Gasteiger partial charge in [0.25, 0.3) is 0 Å². The van der Waals surface area contributed by atoms with E-state index in [1.807, 2.05) is 6.07 Å². The monoisotopic (exact) mass is 404 g/mol. The number of nitrogens with one attached hydrogen (secondary N) is 3. The van der Waals surface area contributed by atoms with Crippen LogP contribution in [-0.2, 0) is 4.79 Å². The number of anilines is 3. The summed E-state index contributed by atoms with van der Waals surface area (Å²) in [6.07, 6.45) is 1.64. The third-order valence-electron chi connectivity index (χ3n) is 3.31. The molecule has 3 rings (SSSR count). The number of pyridine rings is 1. The van der Waals surface area contributed by atoms with Crippen molar-refractivity contribution >= 4 is 46.6 Å². The fourth-order valence-corrected chi connectivity index (χ4v) is 2.57. The molecule has 10 heteroatoms. The molecule has 1 aromatic carbocycles. The van der Waals surface area contributed by atoms with Crippen LogP contribution in [0.2, 0.25) is 10.0 Å². The minimum atomic E-state index is -1.03. The van der Waals surface area contributed by atoms with Gasteiger partial charge in [-0.1, -0.05) is 29.3 Å². The second-order valence-electron chi connectivity index (χ2n) is 5.30. The van der Waals surface area contributed by atoms with Gasteiger partial charge >= 0.3 is 5.97 Å². The van der Waals surface area contributed by atoms with Crippen LogP contribution in [0.1, 0.15) is 0 Å². The molecule has 0 spiro atoms. The van der Waals surface area contributed by atoms with Crippen molar-refractivity contribution in [3.05, 3.63) is 58.7 Å². The molecule has 3 aromatic rings. The summed E-state index contributed by atoms with van der Waals surface area (Å²) >= 11 is 12.0. The zero-order valence-corrected chi connectivity index (χ0v) is 15.3. The van der Waals surface area contributed by atoms with Gasteiger partial charge in [-0.25, -0.2) is 4.98 Å². The van der Waals surface area contributed by atoms with Crippen LogP contribution >= 0.6 is 23.2 Å². The lowest BCUT2D eigenvalue weighted by atomic mass is 10.2. The van der Waals surface area contributed by atoms with E-state index in [1.54, 1.807) is 42.6 Å². The minimum Gasteiger partial charge on any atom is -0.480 e. The SMILES string of the molecule is O=C(O)CNc1nc(NNc2ccc(Cl)cc2Cl)cc(-c2ccccn2)n1. The Hall–Kier alpha value is -3.10. The van der Waals surface area contributed by atoms with Gasteiger partial charge in [0.15, 0.2) is 5.82 Å². The van der Waals surface area contributed by atoms with E-state index >= 15 is 0 Å². The first-order valence-corrected chi connectivity index (χ1v) is 8.50. The largest absolute Gasteiger partial charge is 0.480 e. The van der Waals surface area contributed by atoms with Gasteiger partial charge in [-0.3, -0.25) is 20.6 Å². The average Bonchev–Trinajstić information content (AvgIpc) is 2.66. The smallest absolute Gasteiger partial charge is 0.322 e. The Kier molecular flexibility index (Phi) is 5.90. The molecule has 4 N–H and O–H groups in total. The molecule has 0 amide bonds. The lowest BCUT2D eigenvalue weighted by Crippen LogP contribution is -2.16. The van der Waals surface area contributed by atoms with Crippen LogP contribution in [0.3, 0.4) is 0 Å². The third-order valence-corrected chi connectivity index (χ3v) is 3.86. The molecule has 0 radical (unpaired) electrons. The lowest BCUT2D eigenvalue weighted by Gasteiger charge is -2.13. The number of nitrogens with zero attached hydrogens (tertiary/aromatic N) is 3. The fraction of sp³-hybridized carbons (Fsp3) is 0.0588. The summed E-state index contributed by atoms with van der Waals surface area (Å²) in [5, 5.41) is 12.5. The topological polar surface area (TPSA) is 112 Å². The number of hydrogen-bond donors (Lipinski definition) is 4. The van der Waals surface area contributed by atoms with E-state index < -0.39 is 5.97 Å². The number of aromatic nitrogens is 3. The average molecular weight is 405 g/mol. The van der Waals surface area contributed by atoms with Crippen LogP contribution in [0.15, 0.2) is 48.7 Å². The molecule has 0 saturated carbocycles. The Morgan fingerprint density at radius 1 is 1.04 bits per heavy atom. The number of carboxylic acid groups (broad SMARTS) is 1. The molecule has 0 aliphatic heterocycles. The van der Waals surface area contributed by atoms with E-state index in [0.717, 1.165) is 0 Å². The number of hydrogen-bond acceptors (Lipinski definition) is 7. The standard InChI is InChI=1S/C17H14Cl2N6O2/c18-10-4-5-12(11(19)7-10)24-25-15-8-14(13-3-1-2-6-20-13)22-17(23-15)21-9-16(26)27/h1-8,24H,9H2,(H,26,27)(H2,21,22,23,25). The van der Waals surface area contributed by atoms with Gasteiger partial charge in [0.2, 0.25) is 5.95 Å². The zero-order chi connectivity index (χ0) is 19.2. The highest BCUT2D eigenvalue weighted by molar-refractivity contribution is 6.36. The van der Waals surface area contributed by atoms with Crippen molar-refractivity contribution in [3.8, 4) is 11.4 Å². The highest BCUT2D eigenvalue weighted by Crippen LogP contribution is 2.26. The molecule has 2 heterocycles. The van der Waals surface area contributed by atoms with Crippen molar-refractivity contribution in [1.29, 1.82) is 0 Å². The van der Waals surface area contributed by atoms with E-state index in [9.17, 15) is 4.79 Å². The Bertz CT molecular complexity index is 955. The maximum absolute atomic E-state index is 10.8. The van der Waals surface area contributed by atoms with E-state index in [2.05, 4.69) is 31.1 Å². The molecule has 0 bridgehead atoms. The highest BCUT2D eigenvalue weighted by atomic mass is 35.5. The Balaban J connectivity index is 1.86. The number of carboxylic acids is 1. The van der Waals surface area contributed by atoms with Crippen molar-refractivity contribution in [2.45, 2.75) is 0 Å². The molecule has 0 aliphatic carbocycles. The van der Waals surface area contributed by atoms with E-state index in [1.165, 1.54) is 0 Å². The number of aliphatic carboxylic acids is 1. The fourth-order valence-electron chi connectivity index (χ4n) is 2.11. The molecule has 2 aromatic heterocycles. The molecule has 0 aliphatic rings. The quantitative estimate of drug-likeness (QED) is 0.440. The van der Waals surface area contributed by atoms with E-state index in [0.29, 0.717) is 32.9 Å².